The van der Waals surface area contributed by atoms with Gasteiger partial charge in [0.25, 0.3) is 0 Å². The number of carbonyl (C=O) groups excluding carboxylic acids is 3. The number of allylic oxidation sites excluding steroid dienone is 2. The largest absolute Gasteiger partial charge is 0.422 e. The number of esters is 1. The van der Waals surface area contributed by atoms with E-state index in [9.17, 15) is 14.4 Å². The van der Waals surface area contributed by atoms with Gasteiger partial charge in [-0.05, 0) is 41.8 Å². The van der Waals surface area contributed by atoms with Gasteiger partial charge in [0, 0.05) is 6.07 Å². The number of carbonyl (C=O) groups is 3. The van der Waals surface area contributed by atoms with Crippen LogP contribution in [0.4, 0.5) is 5.69 Å². The normalized spacial score (nSPS) is 28.7. The van der Waals surface area contributed by atoms with Crippen LogP contribution in [0.25, 0.3) is 0 Å². The number of benzene rings is 1. The fourth-order valence-corrected chi connectivity index (χ4v) is 4.99. The van der Waals surface area contributed by atoms with E-state index < -0.39 is 5.97 Å². The lowest BCUT2D eigenvalue weighted by Gasteiger charge is -2.17. The van der Waals surface area contributed by atoms with Gasteiger partial charge in [-0.15, -0.1) is 11.3 Å². The Kier molecular flexibility index (Phi) is 3.37. The van der Waals surface area contributed by atoms with Crippen molar-refractivity contribution in [1.82, 2.24) is 0 Å². The third-order valence-electron chi connectivity index (χ3n) is 5.48. The Morgan fingerprint density at radius 2 is 1.77 bits per heavy atom. The summed E-state index contributed by atoms with van der Waals surface area (Å²) in [4.78, 5) is 39.6. The molecule has 130 valence electrons. The number of amides is 2. The maximum Gasteiger partial charge on any atom is 0.353 e. The average Bonchev–Trinajstić information content (AvgIpc) is 3.39. The van der Waals surface area contributed by atoms with Gasteiger partial charge in [-0.3, -0.25) is 9.59 Å². The van der Waals surface area contributed by atoms with Gasteiger partial charge in [0.15, 0.2) is 0 Å². The quantitative estimate of drug-likeness (QED) is 0.362. The van der Waals surface area contributed by atoms with E-state index in [4.69, 9.17) is 4.74 Å². The second-order valence-corrected chi connectivity index (χ2v) is 7.82. The van der Waals surface area contributed by atoms with Crippen LogP contribution in [-0.4, -0.2) is 17.8 Å². The lowest BCUT2D eigenvalue weighted by atomic mass is 9.85. The lowest BCUT2D eigenvalue weighted by Crippen LogP contribution is -2.32. The highest BCUT2D eigenvalue weighted by atomic mass is 32.1. The smallest absolute Gasteiger partial charge is 0.353 e. The molecule has 1 aromatic carbocycles. The van der Waals surface area contributed by atoms with Crippen molar-refractivity contribution < 1.29 is 19.1 Å². The number of hydrogen-bond donors (Lipinski definition) is 0. The first-order valence-electron chi connectivity index (χ1n) is 8.55. The van der Waals surface area contributed by atoms with Crippen molar-refractivity contribution in [3.05, 3.63) is 58.8 Å². The van der Waals surface area contributed by atoms with Gasteiger partial charge in [-0.25, -0.2) is 9.69 Å². The molecular formula is C20H15NO4S. The van der Waals surface area contributed by atoms with Crippen LogP contribution in [0.2, 0.25) is 0 Å². The predicted molar refractivity (Wildman–Crippen MR) is 95.9 cm³/mol. The summed E-state index contributed by atoms with van der Waals surface area (Å²) in [5, 5.41) is 1.80. The summed E-state index contributed by atoms with van der Waals surface area (Å²) in [5.41, 5.74) is 0.463. The highest BCUT2D eigenvalue weighted by molar-refractivity contribution is 7.12. The molecule has 1 saturated heterocycles. The SMILES string of the molecule is O=C(Oc1cccc(N2C(=O)[C@@H]3[C@H](C2=O)[C@H]2C=C[C@H]3C2)c1)c1cccs1. The highest BCUT2D eigenvalue weighted by Gasteiger charge is 2.59. The van der Waals surface area contributed by atoms with Crippen LogP contribution < -0.4 is 9.64 Å². The van der Waals surface area contributed by atoms with Crippen LogP contribution >= 0.6 is 11.3 Å². The van der Waals surface area contributed by atoms with Crippen molar-refractivity contribution in [2.45, 2.75) is 6.42 Å². The Bertz CT molecular complexity index is 918. The minimum absolute atomic E-state index is 0.140. The van der Waals surface area contributed by atoms with Crippen molar-refractivity contribution >= 4 is 34.8 Å². The molecule has 2 aromatic rings. The number of fused-ring (bicyclic) bond motifs is 5. The highest BCUT2D eigenvalue weighted by Crippen LogP contribution is 2.53. The van der Waals surface area contributed by atoms with Crippen LogP contribution in [0.1, 0.15) is 16.1 Å². The third-order valence-corrected chi connectivity index (χ3v) is 6.33. The molecule has 1 aliphatic heterocycles. The maximum atomic E-state index is 12.9. The van der Waals surface area contributed by atoms with E-state index in [0.29, 0.717) is 16.3 Å². The fraction of sp³-hybridized carbons (Fsp3) is 0.250. The first-order valence-corrected chi connectivity index (χ1v) is 9.43. The summed E-state index contributed by atoms with van der Waals surface area (Å²) in [7, 11) is 0. The number of hydrogen-bond acceptors (Lipinski definition) is 5. The maximum absolute atomic E-state index is 12.9. The number of thiophene rings is 1. The fourth-order valence-electron chi connectivity index (χ4n) is 4.39. The van der Waals surface area contributed by atoms with Gasteiger partial charge < -0.3 is 4.74 Å². The predicted octanol–water partition coefficient (Wildman–Crippen LogP) is 3.28. The molecule has 2 fully saturated rings. The molecule has 26 heavy (non-hydrogen) atoms. The Labute approximate surface area is 153 Å². The van der Waals surface area contributed by atoms with E-state index in [2.05, 4.69) is 12.2 Å². The molecule has 2 bridgehead atoms. The Hall–Kier alpha value is -2.73. The van der Waals surface area contributed by atoms with Gasteiger partial charge in [-0.2, -0.15) is 0 Å². The van der Waals surface area contributed by atoms with Crippen LogP contribution in [-0.2, 0) is 9.59 Å². The number of rotatable bonds is 3. The van der Waals surface area contributed by atoms with Crippen LogP contribution in [0.15, 0.2) is 53.9 Å². The van der Waals surface area contributed by atoms with Crippen molar-refractivity contribution in [3.8, 4) is 5.75 Å². The molecule has 2 aliphatic carbocycles. The molecule has 6 heteroatoms. The van der Waals surface area contributed by atoms with Crippen molar-refractivity contribution in [3.63, 3.8) is 0 Å². The van der Waals surface area contributed by atoms with Crippen molar-refractivity contribution in [2.24, 2.45) is 23.7 Å². The molecule has 1 saturated carbocycles. The van der Waals surface area contributed by atoms with E-state index in [-0.39, 0.29) is 35.5 Å². The molecule has 0 N–H and O–H groups in total. The van der Waals surface area contributed by atoms with Gasteiger partial charge in [0.05, 0.1) is 17.5 Å². The van der Waals surface area contributed by atoms with E-state index >= 15 is 0 Å². The number of imide groups is 1. The van der Waals surface area contributed by atoms with Crippen LogP contribution in [0.5, 0.6) is 5.75 Å². The van der Waals surface area contributed by atoms with Gasteiger partial charge in [0.2, 0.25) is 11.8 Å². The molecule has 0 radical (unpaired) electrons. The van der Waals surface area contributed by atoms with Crippen molar-refractivity contribution in [1.29, 1.82) is 0 Å². The summed E-state index contributed by atoms with van der Waals surface area (Å²) in [6, 6.07) is 10.1. The Morgan fingerprint density at radius 1 is 1.04 bits per heavy atom. The summed E-state index contributed by atoms with van der Waals surface area (Å²) >= 11 is 1.30. The molecule has 5 nitrogen and oxygen atoms in total. The molecular weight excluding hydrogens is 350 g/mol. The third kappa shape index (κ3) is 2.18. The van der Waals surface area contributed by atoms with Crippen molar-refractivity contribution in [2.75, 3.05) is 4.90 Å². The summed E-state index contributed by atoms with van der Waals surface area (Å²) in [5.74, 6) is -0.547. The molecule has 2 amide bonds. The Morgan fingerprint density at radius 3 is 2.42 bits per heavy atom. The van der Waals surface area contributed by atoms with Gasteiger partial charge >= 0.3 is 5.97 Å². The second-order valence-electron chi connectivity index (χ2n) is 6.88. The van der Waals surface area contributed by atoms with Gasteiger partial charge in [-0.1, -0.05) is 24.3 Å². The monoisotopic (exact) mass is 365 g/mol. The average molecular weight is 365 g/mol. The minimum atomic E-state index is -0.449. The second kappa shape index (κ2) is 5.64. The molecule has 0 spiro atoms. The summed E-state index contributed by atoms with van der Waals surface area (Å²) in [6.45, 7) is 0. The zero-order chi connectivity index (χ0) is 17.8. The van der Waals surface area contributed by atoms with Crippen LogP contribution in [0, 0.1) is 23.7 Å². The molecule has 4 atom stereocenters. The standard InChI is InChI=1S/C20H15NO4S/c22-18-16-11-6-7-12(9-11)17(16)19(23)21(18)13-3-1-4-14(10-13)25-20(24)15-5-2-8-26-15/h1-8,10-12,16-17H,9H2/t11-,12-,16-,17+/m0/s1. The zero-order valence-corrected chi connectivity index (χ0v) is 14.5. The summed E-state index contributed by atoms with van der Waals surface area (Å²) in [6.07, 6.45) is 5.04. The lowest BCUT2D eigenvalue weighted by molar-refractivity contribution is -0.123. The molecule has 2 heterocycles. The molecule has 1 aromatic heterocycles. The van der Waals surface area contributed by atoms with Gasteiger partial charge in [0.1, 0.15) is 10.6 Å². The minimum Gasteiger partial charge on any atom is -0.422 e. The molecule has 0 unspecified atom stereocenters. The van der Waals surface area contributed by atoms with E-state index in [0.717, 1.165) is 6.42 Å². The first kappa shape index (κ1) is 15.5. The first-order chi connectivity index (χ1) is 12.6. The molecule has 5 rings (SSSR count). The van der Waals surface area contributed by atoms with E-state index in [1.807, 2.05) is 0 Å². The number of ether oxygens (including phenoxy) is 1. The Balaban J connectivity index is 1.42. The topological polar surface area (TPSA) is 63.7 Å². The summed E-state index contributed by atoms with van der Waals surface area (Å²) < 4.78 is 5.39. The number of nitrogens with zero attached hydrogens (tertiary/aromatic N) is 1. The zero-order valence-electron chi connectivity index (χ0n) is 13.7. The van der Waals surface area contributed by atoms with E-state index in [1.165, 1.54) is 16.2 Å². The molecule has 3 aliphatic rings. The van der Waals surface area contributed by atoms with Crippen LogP contribution in [0.3, 0.4) is 0 Å². The van der Waals surface area contributed by atoms with E-state index in [1.54, 1.807) is 41.8 Å². The number of anilines is 1.